The van der Waals surface area contributed by atoms with Gasteiger partial charge in [-0.05, 0) is 30.5 Å². The van der Waals surface area contributed by atoms with Crippen LogP contribution in [0, 0.1) is 0 Å². The van der Waals surface area contributed by atoms with Crippen LogP contribution in [0.4, 0.5) is 5.95 Å². The summed E-state index contributed by atoms with van der Waals surface area (Å²) in [5.74, 6) is 0.985. The molecule has 1 aliphatic carbocycles. The lowest BCUT2D eigenvalue weighted by Crippen LogP contribution is -2.10. The van der Waals surface area contributed by atoms with Gasteiger partial charge in [-0.2, -0.15) is 0 Å². The van der Waals surface area contributed by atoms with Crippen LogP contribution in [0.1, 0.15) is 37.3 Å². The molecule has 2 aromatic heterocycles. The normalized spacial score (nSPS) is 16.0. The minimum atomic E-state index is 0.632. The molecule has 0 atom stereocenters. The maximum absolute atomic E-state index is 4.41. The third-order valence-electron chi connectivity index (χ3n) is 3.59. The molecule has 0 aliphatic heterocycles. The molecule has 1 N–H and O–H groups in total. The van der Waals surface area contributed by atoms with Crippen LogP contribution in [0.15, 0.2) is 36.9 Å². The lowest BCUT2D eigenvalue weighted by atomic mass is 10.2. The fraction of sp³-hybridized carbons (Fsp3) is 0.429. The van der Waals surface area contributed by atoms with Crippen molar-refractivity contribution >= 4 is 5.95 Å². The van der Waals surface area contributed by atoms with E-state index in [2.05, 4.69) is 26.0 Å². The number of nitrogens with zero attached hydrogens (tertiary/aromatic N) is 3. The molecule has 3 rings (SSSR count). The number of rotatable bonds is 4. The van der Waals surface area contributed by atoms with E-state index in [0.29, 0.717) is 6.04 Å². The first kappa shape index (κ1) is 11.3. The Morgan fingerprint density at radius 3 is 2.72 bits per heavy atom. The minimum absolute atomic E-state index is 0.632. The SMILES string of the molecule is c1cc(CNc2nccn2C2CCCC2)ccn1. The number of nitrogens with one attached hydrogen (secondary N) is 1. The van der Waals surface area contributed by atoms with Crippen molar-refractivity contribution in [1.82, 2.24) is 14.5 Å². The van der Waals surface area contributed by atoms with Crippen molar-refractivity contribution in [3.8, 4) is 0 Å². The van der Waals surface area contributed by atoms with Crippen LogP contribution < -0.4 is 5.32 Å². The molecular weight excluding hydrogens is 224 g/mol. The molecule has 2 aromatic rings. The summed E-state index contributed by atoms with van der Waals surface area (Å²) in [6.45, 7) is 0.798. The number of hydrogen-bond acceptors (Lipinski definition) is 3. The molecule has 1 saturated carbocycles. The smallest absolute Gasteiger partial charge is 0.203 e. The third kappa shape index (κ3) is 2.37. The summed E-state index contributed by atoms with van der Waals surface area (Å²) in [5.41, 5.74) is 1.23. The standard InChI is InChI=1S/C14H18N4/c1-2-4-13(3-1)18-10-9-16-14(18)17-11-12-5-7-15-8-6-12/h5-10,13H,1-4,11H2,(H,16,17). The van der Waals surface area contributed by atoms with Crippen LogP contribution in [-0.4, -0.2) is 14.5 Å². The first-order chi connectivity index (χ1) is 8.93. The van der Waals surface area contributed by atoms with Crippen LogP contribution in [-0.2, 0) is 6.54 Å². The number of aromatic nitrogens is 3. The molecule has 0 spiro atoms. The van der Waals surface area contributed by atoms with E-state index in [0.717, 1.165) is 12.5 Å². The average Bonchev–Trinajstić information content (AvgIpc) is 3.08. The summed E-state index contributed by atoms with van der Waals surface area (Å²) >= 11 is 0. The van der Waals surface area contributed by atoms with E-state index in [1.165, 1.54) is 31.2 Å². The second-order valence-corrected chi connectivity index (χ2v) is 4.81. The summed E-state index contributed by atoms with van der Waals surface area (Å²) in [6.07, 6.45) is 12.8. The number of hydrogen-bond donors (Lipinski definition) is 1. The average molecular weight is 242 g/mol. The van der Waals surface area contributed by atoms with Crippen molar-refractivity contribution < 1.29 is 0 Å². The van der Waals surface area contributed by atoms with Gasteiger partial charge in [0.05, 0.1) is 0 Å². The molecule has 18 heavy (non-hydrogen) atoms. The highest BCUT2D eigenvalue weighted by atomic mass is 15.2. The van der Waals surface area contributed by atoms with Gasteiger partial charge < -0.3 is 9.88 Å². The largest absolute Gasteiger partial charge is 0.352 e. The zero-order chi connectivity index (χ0) is 12.2. The van der Waals surface area contributed by atoms with Gasteiger partial charge in [0, 0.05) is 37.4 Å². The predicted molar refractivity (Wildman–Crippen MR) is 71.3 cm³/mol. The first-order valence-electron chi connectivity index (χ1n) is 6.59. The second-order valence-electron chi connectivity index (χ2n) is 4.81. The van der Waals surface area contributed by atoms with Gasteiger partial charge in [0.1, 0.15) is 0 Å². The van der Waals surface area contributed by atoms with Crippen LogP contribution in [0.25, 0.3) is 0 Å². The number of pyridine rings is 1. The molecule has 2 heterocycles. The summed E-state index contributed by atoms with van der Waals surface area (Å²) in [5, 5.41) is 3.41. The highest BCUT2D eigenvalue weighted by Crippen LogP contribution is 2.31. The van der Waals surface area contributed by atoms with Crippen LogP contribution in [0.3, 0.4) is 0 Å². The fourth-order valence-electron chi connectivity index (χ4n) is 2.61. The maximum atomic E-state index is 4.41. The van der Waals surface area contributed by atoms with Gasteiger partial charge in [-0.3, -0.25) is 4.98 Å². The Balaban J connectivity index is 1.68. The first-order valence-corrected chi connectivity index (χ1v) is 6.59. The minimum Gasteiger partial charge on any atom is -0.352 e. The molecule has 0 unspecified atom stereocenters. The van der Waals surface area contributed by atoms with Gasteiger partial charge in [-0.15, -0.1) is 0 Å². The summed E-state index contributed by atoms with van der Waals surface area (Å²) in [7, 11) is 0. The van der Waals surface area contributed by atoms with E-state index in [4.69, 9.17) is 0 Å². The highest BCUT2D eigenvalue weighted by Gasteiger charge is 2.18. The molecule has 0 radical (unpaired) electrons. The van der Waals surface area contributed by atoms with Crippen molar-refractivity contribution in [2.24, 2.45) is 0 Å². The zero-order valence-electron chi connectivity index (χ0n) is 10.4. The molecule has 4 heteroatoms. The molecule has 0 aromatic carbocycles. The van der Waals surface area contributed by atoms with Crippen molar-refractivity contribution in [2.75, 3.05) is 5.32 Å². The molecule has 0 bridgehead atoms. The highest BCUT2D eigenvalue weighted by molar-refractivity contribution is 5.29. The second kappa shape index (κ2) is 5.21. The van der Waals surface area contributed by atoms with Crippen molar-refractivity contribution in [1.29, 1.82) is 0 Å². The summed E-state index contributed by atoms with van der Waals surface area (Å²) < 4.78 is 2.29. The molecule has 0 saturated heterocycles. The van der Waals surface area contributed by atoms with Gasteiger partial charge in [0.2, 0.25) is 5.95 Å². The van der Waals surface area contributed by atoms with E-state index >= 15 is 0 Å². The van der Waals surface area contributed by atoms with E-state index in [1.807, 2.05) is 30.7 Å². The molecule has 1 aliphatic rings. The quantitative estimate of drug-likeness (QED) is 0.896. The van der Waals surface area contributed by atoms with Crippen molar-refractivity contribution in [3.63, 3.8) is 0 Å². The van der Waals surface area contributed by atoms with Gasteiger partial charge in [-0.1, -0.05) is 12.8 Å². The van der Waals surface area contributed by atoms with E-state index < -0.39 is 0 Å². The lowest BCUT2D eigenvalue weighted by Gasteiger charge is -2.15. The molecular formula is C14H18N4. The van der Waals surface area contributed by atoms with Gasteiger partial charge in [0.15, 0.2) is 0 Å². The Morgan fingerprint density at radius 1 is 1.17 bits per heavy atom. The van der Waals surface area contributed by atoms with Gasteiger partial charge in [0.25, 0.3) is 0 Å². The lowest BCUT2D eigenvalue weighted by molar-refractivity contribution is 0.523. The molecule has 0 amide bonds. The van der Waals surface area contributed by atoms with E-state index in [1.54, 1.807) is 0 Å². The molecule has 1 fully saturated rings. The van der Waals surface area contributed by atoms with E-state index in [9.17, 15) is 0 Å². The summed E-state index contributed by atoms with van der Waals surface area (Å²) in [4.78, 5) is 8.43. The van der Waals surface area contributed by atoms with Crippen LogP contribution in [0.2, 0.25) is 0 Å². The Bertz CT molecular complexity index is 486. The topological polar surface area (TPSA) is 42.7 Å². The Morgan fingerprint density at radius 2 is 1.94 bits per heavy atom. The Hall–Kier alpha value is -1.84. The molecule has 94 valence electrons. The van der Waals surface area contributed by atoms with Crippen molar-refractivity contribution in [3.05, 3.63) is 42.5 Å². The monoisotopic (exact) mass is 242 g/mol. The maximum Gasteiger partial charge on any atom is 0.203 e. The van der Waals surface area contributed by atoms with Crippen molar-refractivity contribution in [2.45, 2.75) is 38.3 Å². The number of imidazole rings is 1. The third-order valence-corrected chi connectivity index (χ3v) is 3.59. The zero-order valence-corrected chi connectivity index (χ0v) is 10.4. The Kier molecular flexibility index (Phi) is 3.26. The van der Waals surface area contributed by atoms with E-state index in [-0.39, 0.29) is 0 Å². The molecule has 4 nitrogen and oxygen atoms in total. The number of anilines is 1. The van der Waals surface area contributed by atoms with Gasteiger partial charge >= 0.3 is 0 Å². The van der Waals surface area contributed by atoms with Crippen LogP contribution >= 0.6 is 0 Å². The van der Waals surface area contributed by atoms with Crippen LogP contribution in [0.5, 0.6) is 0 Å². The Labute approximate surface area is 107 Å². The van der Waals surface area contributed by atoms with Gasteiger partial charge in [-0.25, -0.2) is 4.98 Å². The summed E-state index contributed by atoms with van der Waals surface area (Å²) in [6, 6.07) is 4.68. The predicted octanol–water partition coefficient (Wildman–Crippen LogP) is 3.01. The fourth-order valence-corrected chi connectivity index (χ4v) is 2.61.